The summed E-state index contributed by atoms with van der Waals surface area (Å²) in [6, 6.07) is 7.27. The first-order valence-corrected chi connectivity index (χ1v) is 4.86. The van der Waals surface area contributed by atoms with Gasteiger partial charge < -0.3 is 4.42 Å². The van der Waals surface area contributed by atoms with E-state index in [-0.39, 0.29) is 0 Å². The van der Waals surface area contributed by atoms with E-state index in [9.17, 15) is 0 Å². The number of nitrogens with zero attached hydrogens (tertiary/aromatic N) is 1. The molecule has 2 nitrogen and oxygen atoms in total. The Morgan fingerprint density at radius 1 is 1.20 bits per heavy atom. The standard InChI is InChI=1S/C11H5BClNO/c12-11-10-7-2-1-6(13)5-9(7)15-8(10)3-4-14-11/h1-5H. The number of benzene rings is 1. The number of halogens is 1. The summed E-state index contributed by atoms with van der Waals surface area (Å²) in [4.78, 5) is 4.04. The molecule has 3 rings (SSSR count). The van der Waals surface area contributed by atoms with Gasteiger partial charge in [-0.25, -0.2) is 0 Å². The van der Waals surface area contributed by atoms with E-state index in [0.29, 0.717) is 10.6 Å². The van der Waals surface area contributed by atoms with E-state index >= 15 is 0 Å². The van der Waals surface area contributed by atoms with Gasteiger partial charge in [-0.15, -0.1) is 0 Å². The Morgan fingerprint density at radius 2 is 2.07 bits per heavy atom. The Labute approximate surface area is 92.3 Å². The lowest BCUT2D eigenvalue weighted by atomic mass is 9.98. The molecule has 0 N–H and O–H groups in total. The van der Waals surface area contributed by atoms with Crippen molar-refractivity contribution in [2.75, 3.05) is 0 Å². The van der Waals surface area contributed by atoms with Crippen LogP contribution < -0.4 is 5.59 Å². The molecular formula is C11H5BClNO. The summed E-state index contributed by atoms with van der Waals surface area (Å²) >= 11 is 5.88. The minimum Gasteiger partial charge on any atom is -0.456 e. The molecule has 15 heavy (non-hydrogen) atoms. The second kappa shape index (κ2) is 3.01. The molecule has 2 aromatic heterocycles. The first kappa shape index (κ1) is 8.80. The van der Waals surface area contributed by atoms with Gasteiger partial charge in [-0.3, -0.25) is 4.98 Å². The second-order valence-electron chi connectivity index (χ2n) is 3.31. The minimum atomic E-state index is 0.480. The Morgan fingerprint density at radius 3 is 2.93 bits per heavy atom. The van der Waals surface area contributed by atoms with Gasteiger partial charge in [0.1, 0.15) is 19.0 Å². The van der Waals surface area contributed by atoms with Crippen molar-refractivity contribution in [1.29, 1.82) is 0 Å². The van der Waals surface area contributed by atoms with Gasteiger partial charge >= 0.3 is 0 Å². The molecule has 0 aliphatic carbocycles. The average Bonchev–Trinajstić information content (AvgIpc) is 2.56. The molecular weight excluding hydrogens is 208 g/mol. The maximum absolute atomic E-state index is 5.88. The molecule has 70 valence electrons. The molecule has 0 aliphatic rings. The minimum absolute atomic E-state index is 0.480. The highest BCUT2D eigenvalue weighted by molar-refractivity contribution is 6.40. The van der Waals surface area contributed by atoms with Crippen molar-refractivity contribution in [3.8, 4) is 0 Å². The lowest BCUT2D eigenvalue weighted by Crippen LogP contribution is -2.07. The van der Waals surface area contributed by atoms with Crippen molar-refractivity contribution in [1.82, 2.24) is 4.98 Å². The van der Waals surface area contributed by atoms with Crippen molar-refractivity contribution in [2.45, 2.75) is 0 Å². The highest BCUT2D eigenvalue weighted by atomic mass is 35.5. The average molecular weight is 213 g/mol. The third kappa shape index (κ3) is 1.23. The summed E-state index contributed by atoms with van der Waals surface area (Å²) < 4.78 is 5.61. The number of fused-ring (bicyclic) bond motifs is 3. The van der Waals surface area contributed by atoms with Crippen LogP contribution in [-0.4, -0.2) is 12.8 Å². The Hall–Kier alpha value is -1.48. The van der Waals surface area contributed by atoms with Gasteiger partial charge in [-0.1, -0.05) is 11.6 Å². The molecule has 2 heterocycles. The monoisotopic (exact) mass is 213 g/mol. The second-order valence-corrected chi connectivity index (χ2v) is 3.75. The number of furan rings is 1. The van der Waals surface area contributed by atoms with Crippen LogP contribution in [0.3, 0.4) is 0 Å². The third-order valence-corrected chi connectivity index (χ3v) is 2.61. The van der Waals surface area contributed by atoms with Crippen LogP contribution in [0.2, 0.25) is 5.02 Å². The first-order valence-electron chi connectivity index (χ1n) is 4.48. The highest BCUT2D eigenvalue weighted by Crippen LogP contribution is 2.28. The third-order valence-electron chi connectivity index (χ3n) is 2.37. The van der Waals surface area contributed by atoms with E-state index in [1.807, 2.05) is 12.1 Å². The van der Waals surface area contributed by atoms with Crippen molar-refractivity contribution in [3.05, 3.63) is 35.5 Å². The maximum atomic E-state index is 5.88. The first-order chi connectivity index (χ1) is 7.25. The number of hydrogen-bond donors (Lipinski definition) is 0. The Balaban J connectivity index is 2.59. The molecule has 0 saturated heterocycles. The smallest absolute Gasteiger partial charge is 0.142 e. The van der Waals surface area contributed by atoms with Gasteiger partial charge in [-0.2, -0.15) is 0 Å². The van der Waals surface area contributed by atoms with Crippen molar-refractivity contribution < 1.29 is 4.42 Å². The fraction of sp³-hybridized carbons (Fsp3) is 0. The molecule has 1 aromatic carbocycles. The topological polar surface area (TPSA) is 26.0 Å². The van der Waals surface area contributed by atoms with Gasteiger partial charge in [0.2, 0.25) is 0 Å². The fourth-order valence-electron chi connectivity index (χ4n) is 1.72. The number of aromatic nitrogens is 1. The van der Waals surface area contributed by atoms with Gasteiger partial charge in [0.05, 0.1) is 0 Å². The maximum Gasteiger partial charge on any atom is 0.142 e. The van der Waals surface area contributed by atoms with Crippen LogP contribution in [0.1, 0.15) is 0 Å². The van der Waals surface area contributed by atoms with Gasteiger partial charge in [-0.05, 0) is 23.8 Å². The van der Waals surface area contributed by atoms with Gasteiger partial charge in [0.15, 0.2) is 0 Å². The van der Waals surface area contributed by atoms with E-state index < -0.39 is 0 Å². The van der Waals surface area contributed by atoms with Crippen LogP contribution in [0.4, 0.5) is 0 Å². The van der Waals surface area contributed by atoms with Crippen LogP contribution >= 0.6 is 11.6 Å². The summed E-state index contributed by atoms with van der Waals surface area (Å²) in [5, 5.41) is 2.44. The van der Waals surface area contributed by atoms with Crippen LogP contribution in [0, 0.1) is 0 Å². The predicted octanol–water partition coefficient (Wildman–Crippen LogP) is 2.43. The van der Waals surface area contributed by atoms with E-state index in [4.69, 9.17) is 23.9 Å². The molecule has 0 aliphatic heterocycles. The lowest BCUT2D eigenvalue weighted by molar-refractivity contribution is 0.668. The Kier molecular flexibility index (Phi) is 1.76. The molecule has 0 spiro atoms. The summed E-state index contributed by atoms with van der Waals surface area (Å²) in [5.74, 6) is 0. The Bertz CT molecular complexity index is 662. The molecule has 0 unspecified atom stereocenters. The van der Waals surface area contributed by atoms with Crippen LogP contribution in [0.5, 0.6) is 0 Å². The number of hydrogen-bond acceptors (Lipinski definition) is 2. The predicted molar refractivity (Wildman–Crippen MR) is 61.9 cm³/mol. The molecule has 0 amide bonds. The summed E-state index contributed by atoms with van der Waals surface area (Å²) in [5.41, 5.74) is 1.95. The zero-order chi connectivity index (χ0) is 10.4. The van der Waals surface area contributed by atoms with Crippen LogP contribution in [-0.2, 0) is 0 Å². The van der Waals surface area contributed by atoms with E-state index in [1.54, 1.807) is 18.3 Å². The normalized spacial score (nSPS) is 11.3. The van der Waals surface area contributed by atoms with Crippen LogP contribution in [0.15, 0.2) is 34.9 Å². The van der Waals surface area contributed by atoms with Gasteiger partial charge in [0.25, 0.3) is 0 Å². The molecule has 2 radical (unpaired) electrons. The van der Waals surface area contributed by atoms with E-state index in [1.165, 1.54) is 0 Å². The van der Waals surface area contributed by atoms with Crippen molar-refractivity contribution in [2.24, 2.45) is 0 Å². The molecule has 0 atom stereocenters. The molecule has 3 aromatic rings. The number of rotatable bonds is 0. The largest absolute Gasteiger partial charge is 0.456 e. The van der Waals surface area contributed by atoms with Crippen molar-refractivity contribution >= 4 is 47.0 Å². The van der Waals surface area contributed by atoms with E-state index in [2.05, 4.69) is 4.98 Å². The van der Waals surface area contributed by atoms with Crippen LogP contribution in [0.25, 0.3) is 21.9 Å². The fourth-order valence-corrected chi connectivity index (χ4v) is 1.88. The molecule has 0 fully saturated rings. The van der Waals surface area contributed by atoms with E-state index in [0.717, 1.165) is 21.9 Å². The zero-order valence-corrected chi connectivity index (χ0v) is 8.45. The summed E-state index contributed by atoms with van der Waals surface area (Å²) in [7, 11) is 5.80. The zero-order valence-electron chi connectivity index (χ0n) is 7.70. The lowest BCUT2D eigenvalue weighted by Gasteiger charge is -1.93. The summed E-state index contributed by atoms with van der Waals surface area (Å²) in [6.07, 6.45) is 1.63. The number of pyridine rings is 1. The molecule has 0 bridgehead atoms. The van der Waals surface area contributed by atoms with Gasteiger partial charge in [0, 0.05) is 28.1 Å². The molecule has 0 saturated carbocycles. The summed E-state index contributed by atoms with van der Waals surface area (Å²) in [6.45, 7) is 0. The highest BCUT2D eigenvalue weighted by Gasteiger charge is 2.08. The quantitative estimate of drug-likeness (QED) is 0.536. The van der Waals surface area contributed by atoms with Crippen molar-refractivity contribution in [3.63, 3.8) is 0 Å². The molecule has 4 heteroatoms. The SMILES string of the molecule is [B]c1nccc2oc3cc(Cl)ccc3c12.